The van der Waals surface area contributed by atoms with Crippen LogP contribution in [-0.4, -0.2) is 59.0 Å². The van der Waals surface area contributed by atoms with Gasteiger partial charge in [0.05, 0.1) is 35.8 Å². The molecule has 0 aromatic heterocycles. The quantitative estimate of drug-likeness (QED) is 0.269. The van der Waals surface area contributed by atoms with E-state index in [0.29, 0.717) is 30.1 Å². The van der Waals surface area contributed by atoms with E-state index in [4.69, 9.17) is 33.8 Å². The van der Waals surface area contributed by atoms with Crippen molar-refractivity contribution < 1.29 is 38.6 Å². The second kappa shape index (κ2) is 13.8. The Balaban J connectivity index is 1.02. The fourth-order valence-corrected chi connectivity index (χ4v) is 13.9. The SMILES string of the molecule is C[C@H]1[C@@H](C[C@H](OC(=O)N(c2ccccc2)c2ccccc2)C2O[C@@H]3C[C@]4(C)CC[C@H]5[C@H](C)CC[C@@H]([C@H]2C)[C@@]35OO4)O[C@@H]2C[C@]3(C)CC[C@H]4[C@H](C)CC[C@@H]1[C@@]24OO3. The van der Waals surface area contributed by atoms with E-state index in [1.165, 1.54) is 6.42 Å². The average molecular weight is 770 g/mol. The van der Waals surface area contributed by atoms with E-state index in [1.807, 2.05) is 60.7 Å². The molecule has 6 heterocycles. The van der Waals surface area contributed by atoms with E-state index in [-0.39, 0.29) is 53.7 Å². The Morgan fingerprint density at radius 3 is 1.70 bits per heavy atom. The molecule has 304 valence electrons. The summed E-state index contributed by atoms with van der Waals surface area (Å²) < 4.78 is 21.8. The number of rotatable bonds is 6. The van der Waals surface area contributed by atoms with Gasteiger partial charge in [-0.2, -0.15) is 0 Å². The van der Waals surface area contributed by atoms with Crippen LogP contribution in [0.1, 0.15) is 112 Å². The molecule has 2 spiro atoms. The number of carbonyl (C=O) groups excluding carboxylic acids is 1. The lowest BCUT2D eigenvalue weighted by Crippen LogP contribution is -2.71. The second-order valence-electron chi connectivity index (χ2n) is 20.1. The largest absolute Gasteiger partial charge is 0.443 e. The number of amides is 1. The number of anilines is 2. The van der Waals surface area contributed by atoms with Gasteiger partial charge in [-0.25, -0.2) is 29.2 Å². The third-order valence-electron chi connectivity index (χ3n) is 16.9. The molecule has 10 aliphatic rings. The smallest absolute Gasteiger partial charge is 0.419 e. The first-order valence-electron chi connectivity index (χ1n) is 22.1. The Labute approximate surface area is 333 Å². The molecule has 0 radical (unpaired) electrons. The van der Waals surface area contributed by atoms with Crippen LogP contribution in [0.4, 0.5) is 16.2 Å². The molecule has 1 unspecified atom stereocenters. The predicted octanol–water partition coefficient (Wildman–Crippen LogP) is 10.1. The molecule has 6 aliphatic heterocycles. The molecule has 9 heteroatoms. The molecule has 2 aromatic rings. The summed E-state index contributed by atoms with van der Waals surface area (Å²) in [5.41, 5.74) is -0.217. The average Bonchev–Trinajstić information content (AvgIpc) is 3.57. The first kappa shape index (κ1) is 37.7. The third-order valence-corrected chi connectivity index (χ3v) is 16.9. The van der Waals surface area contributed by atoms with Gasteiger partial charge < -0.3 is 14.2 Å². The van der Waals surface area contributed by atoms with Gasteiger partial charge in [0.2, 0.25) is 0 Å². The lowest BCUT2D eigenvalue weighted by molar-refractivity contribution is -0.491. The molecule has 4 saturated carbocycles. The van der Waals surface area contributed by atoms with Crippen LogP contribution in [-0.2, 0) is 33.8 Å². The lowest BCUT2D eigenvalue weighted by Gasteiger charge is -2.62. The predicted molar refractivity (Wildman–Crippen MR) is 211 cm³/mol. The second-order valence-corrected chi connectivity index (χ2v) is 20.1. The van der Waals surface area contributed by atoms with Crippen LogP contribution in [0.15, 0.2) is 60.7 Å². The summed E-state index contributed by atoms with van der Waals surface area (Å²) in [5, 5.41) is 0. The van der Waals surface area contributed by atoms with E-state index in [1.54, 1.807) is 4.90 Å². The highest BCUT2D eigenvalue weighted by molar-refractivity contribution is 5.96. The number of fused-ring (bicyclic) bond motifs is 4. The molecule has 6 saturated heterocycles. The van der Waals surface area contributed by atoms with Crippen molar-refractivity contribution in [1.82, 2.24) is 0 Å². The van der Waals surface area contributed by atoms with Gasteiger partial charge in [-0.3, -0.25) is 0 Å². The van der Waals surface area contributed by atoms with Crippen molar-refractivity contribution in [2.45, 2.75) is 165 Å². The van der Waals surface area contributed by atoms with Gasteiger partial charge in [0.15, 0.2) is 0 Å². The Bertz CT molecular complexity index is 1720. The molecule has 10 fully saturated rings. The van der Waals surface area contributed by atoms with Crippen LogP contribution in [0.2, 0.25) is 0 Å². The van der Waals surface area contributed by atoms with E-state index in [2.05, 4.69) is 41.5 Å². The Morgan fingerprint density at radius 2 is 1.16 bits per heavy atom. The number of hydrogen-bond donors (Lipinski definition) is 0. The van der Waals surface area contributed by atoms with Crippen molar-refractivity contribution in [1.29, 1.82) is 0 Å². The van der Waals surface area contributed by atoms with E-state index in [0.717, 1.165) is 69.2 Å². The number of hydrogen-bond acceptors (Lipinski definition) is 8. The number of ether oxygens (including phenoxy) is 3. The zero-order chi connectivity index (χ0) is 38.6. The van der Waals surface area contributed by atoms with Gasteiger partial charge >= 0.3 is 6.09 Å². The van der Waals surface area contributed by atoms with Gasteiger partial charge in [0.25, 0.3) is 0 Å². The Morgan fingerprint density at radius 1 is 0.661 bits per heavy atom. The molecule has 2 aromatic carbocycles. The highest BCUT2D eigenvalue weighted by Crippen LogP contribution is 2.64. The molecule has 0 N–H and O–H groups in total. The first-order chi connectivity index (χ1) is 26.9. The molecule has 4 aliphatic carbocycles. The van der Waals surface area contributed by atoms with Crippen molar-refractivity contribution in [3.05, 3.63) is 60.7 Å². The standard InChI is InChI=1S/C47H63NO8/c1-28-17-19-36-30(3)38(50-40-26-44(5)23-21-34(28)46(36,40)55-53-44)25-39(51-43(49)48(32-13-9-7-10-14-32)33-15-11-8-12-16-33)42-31(4)37-20-18-29(2)35-22-24-45(6)27-41(52-42)47(35,37)56-54-45/h7-16,28-31,34-42H,17-27H2,1-6H3/t28-,29-,30-,31-,34+,35+,36+,37+,38-,39+,40-,41-,42?,44+,45+,46-,47-/m1/s1. The maximum atomic E-state index is 15.0. The van der Waals surface area contributed by atoms with Crippen molar-refractivity contribution in [2.75, 3.05) is 4.90 Å². The van der Waals surface area contributed by atoms with Gasteiger partial charge in [-0.15, -0.1) is 0 Å². The molecule has 56 heavy (non-hydrogen) atoms. The van der Waals surface area contributed by atoms with Crippen LogP contribution < -0.4 is 4.90 Å². The molecule has 4 bridgehead atoms. The Kier molecular flexibility index (Phi) is 9.28. The van der Waals surface area contributed by atoms with E-state index < -0.39 is 29.0 Å². The number of para-hydroxylation sites is 2. The number of carbonyl (C=O) groups is 1. The van der Waals surface area contributed by atoms with Crippen molar-refractivity contribution >= 4 is 17.5 Å². The van der Waals surface area contributed by atoms with Crippen molar-refractivity contribution in [2.24, 2.45) is 47.3 Å². The molecule has 12 rings (SSSR count). The third kappa shape index (κ3) is 5.71. The van der Waals surface area contributed by atoms with Crippen LogP contribution in [0.25, 0.3) is 0 Å². The summed E-state index contributed by atoms with van der Waals surface area (Å²) in [7, 11) is 0. The van der Waals surface area contributed by atoms with Crippen LogP contribution in [0.3, 0.4) is 0 Å². The van der Waals surface area contributed by atoms with Crippen molar-refractivity contribution in [3.8, 4) is 0 Å². The summed E-state index contributed by atoms with van der Waals surface area (Å²) >= 11 is 0. The lowest BCUT2D eigenvalue weighted by atomic mass is 9.55. The molecule has 17 atom stereocenters. The fourth-order valence-electron chi connectivity index (χ4n) is 13.9. The maximum Gasteiger partial charge on any atom is 0.419 e. The molecule has 1 amide bonds. The summed E-state index contributed by atoms with van der Waals surface area (Å²) in [6, 6.07) is 19.7. The topological polar surface area (TPSA) is 84.9 Å². The zero-order valence-electron chi connectivity index (χ0n) is 34.3. The van der Waals surface area contributed by atoms with E-state index in [9.17, 15) is 4.79 Å². The first-order valence-corrected chi connectivity index (χ1v) is 22.1. The summed E-state index contributed by atoms with van der Waals surface area (Å²) in [4.78, 5) is 42.7. The van der Waals surface area contributed by atoms with Gasteiger partial charge in [-0.1, -0.05) is 64.1 Å². The highest BCUT2D eigenvalue weighted by atomic mass is 17.2. The minimum Gasteiger partial charge on any atom is -0.443 e. The minimum absolute atomic E-state index is 0.0571. The Hall–Kier alpha value is -2.53. The molecular weight excluding hydrogens is 707 g/mol. The normalized spacial score (nSPS) is 48.1. The summed E-state index contributed by atoms with van der Waals surface area (Å²) in [6.07, 6.45) is 8.99. The highest BCUT2D eigenvalue weighted by Gasteiger charge is 2.71. The number of nitrogens with zero attached hydrogens (tertiary/aromatic N) is 1. The number of benzene rings is 2. The van der Waals surface area contributed by atoms with Gasteiger partial charge in [0, 0.05) is 19.3 Å². The van der Waals surface area contributed by atoms with E-state index >= 15 is 0 Å². The monoisotopic (exact) mass is 769 g/mol. The maximum absolute atomic E-state index is 15.0. The molecule has 9 nitrogen and oxygen atoms in total. The van der Waals surface area contributed by atoms with Crippen molar-refractivity contribution in [3.63, 3.8) is 0 Å². The van der Waals surface area contributed by atoms with Crippen LogP contribution in [0.5, 0.6) is 0 Å². The van der Waals surface area contributed by atoms with Crippen LogP contribution >= 0.6 is 0 Å². The zero-order valence-corrected chi connectivity index (χ0v) is 34.3. The minimum atomic E-state index is -0.561. The van der Waals surface area contributed by atoms with Gasteiger partial charge in [0.1, 0.15) is 28.5 Å². The van der Waals surface area contributed by atoms with Crippen LogP contribution in [0, 0.1) is 47.3 Å². The summed E-state index contributed by atoms with van der Waals surface area (Å²) in [6.45, 7) is 13.8. The molecular formula is C47H63NO8. The summed E-state index contributed by atoms with van der Waals surface area (Å²) in [5.74, 6) is 2.56. The fraction of sp³-hybridized carbons (Fsp3) is 0.723. The van der Waals surface area contributed by atoms with Gasteiger partial charge in [-0.05, 0) is 137 Å².